The van der Waals surface area contributed by atoms with E-state index in [1.54, 1.807) is 24.3 Å². The molecule has 0 radical (unpaired) electrons. The summed E-state index contributed by atoms with van der Waals surface area (Å²) in [7, 11) is 2.09. The van der Waals surface area contributed by atoms with E-state index in [1.165, 1.54) is 0 Å². The monoisotopic (exact) mass is 261 g/mol. The van der Waals surface area contributed by atoms with Gasteiger partial charge in [0.15, 0.2) is 0 Å². The first-order valence-electron chi connectivity index (χ1n) is 6.43. The fourth-order valence-corrected chi connectivity index (χ4v) is 2.05. The zero-order valence-corrected chi connectivity index (χ0v) is 11.1. The first kappa shape index (κ1) is 13.7. The van der Waals surface area contributed by atoms with Gasteiger partial charge in [0.05, 0.1) is 6.54 Å². The molecule has 0 aliphatic carbocycles. The van der Waals surface area contributed by atoms with Crippen molar-refractivity contribution in [3.8, 4) is 0 Å². The average Bonchev–Trinajstić information content (AvgIpc) is 2.42. The smallest absolute Gasteiger partial charge is 0.238 e. The van der Waals surface area contributed by atoms with E-state index < -0.39 is 0 Å². The highest BCUT2D eigenvalue weighted by Gasteiger charge is 2.16. The van der Waals surface area contributed by atoms with E-state index in [1.807, 2.05) is 0 Å². The quantitative estimate of drug-likeness (QED) is 0.810. The first-order chi connectivity index (χ1) is 9.17. The molecule has 1 aliphatic heterocycles. The zero-order chi connectivity index (χ0) is 13.7. The molecule has 0 unspecified atom stereocenters. The molecular formula is C14H19N3O2. The number of aldehydes is 1. The Hall–Kier alpha value is -1.72. The van der Waals surface area contributed by atoms with Crippen LogP contribution in [0.25, 0.3) is 0 Å². The van der Waals surface area contributed by atoms with Crippen LogP contribution in [-0.2, 0) is 4.79 Å². The van der Waals surface area contributed by atoms with Crippen molar-refractivity contribution in [3.05, 3.63) is 29.8 Å². The number of hydrogen-bond donors (Lipinski definition) is 1. The van der Waals surface area contributed by atoms with Crippen LogP contribution in [0.3, 0.4) is 0 Å². The van der Waals surface area contributed by atoms with Crippen molar-refractivity contribution in [3.63, 3.8) is 0 Å². The molecule has 1 amide bonds. The topological polar surface area (TPSA) is 52.6 Å². The molecule has 1 heterocycles. The first-order valence-corrected chi connectivity index (χ1v) is 6.43. The number of benzene rings is 1. The van der Waals surface area contributed by atoms with Crippen LogP contribution >= 0.6 is 0 Å². The third kappa shape index (κ3) is 4.15. The summed E-state index contributed by atoms with van der Waals surface area (Å²) in [5.41, 5.74) is 1.33. The minimum atomic E-state index is -0.0107. The molecule has 0 spiro atoms. The summed E-state index contributed by atoms with van der Waals surface area (Å²) in [6.07, 6.45) is 0.788. The molecule has 0 aromatic heterocycles. The van der Waals surface area contributed by atoms with Crippen LogP contribution in [0.4, 0.5) is 5.69 Å². The molecule has 0 atom stereocenters. The lowest BCUT2D eigenvalue weighted by Gasteiger charge is -2.31. The number of piperazine rings is 1. The van der Waals surface area contributed by atoms with E-state index in [0.29, 0.717) is 12.1 Å². The van der Waals surface area contributed by atoms with Crippen molar-refractivity contribution < 1.29 is 9.59 Å². The third-order valence-electron chi connectivity index (χ3n) is 3.29. The zero-order valence-electron chi connectivity index (χ0n) is 11.1. The molecule has 1 aliphatic rings. The van der Waals surface area contributed by atoms with Gasteiger partial charge in [-0.3, -0.25) is 14.5 Å². The number of anilines is 1. The predicted molar refractivity (Wildman–Crippen MR) is 74.4 cm³/mol. The molecule has 0 bridgehead atoms. The largest absolute Gasteiger partial charge is 0.325 e. The highest BCUT2D eigenvalue weighted by molar-refractivity contribution is 5.92. The summed E-state index contributed by atoms with van der Waals surface area (Å²) < 4.78 is 0. The van der Waals surface area contributed by atoms with Crippen LogP contribution in [0, 0.1) is 0 Å². The van der Waals surface area contributed by atoms with Crippen molar-refractivity contribution >= 4 is 17.9 Å². The fourth-order valence-electron chi connectivity index (χ4n) is 2.05. The molecule has 0 saturated carbocycles. The summed E-state index contributed by atoms with van der Waals surface area (Å²) in [6, 6.07) is 6.87. The number of amides is 1. The Morgan fingerprint density at radius 3 is 2.42 bits per heavy atom. The van der Waals surface area contributed by atoms with Crippen LogP contribution in [-0.4, -0.2) is 61.8 Å². The van der Waals surface area contributed by atoms with E-state index in [0.717, 1.165) is 38.2 Å². The Morgan fingerprint density at radius 1 is 1.21 bits per heavy atom. The Bertz CT molecular complexity index is 437. The van der Waals surface area contributed by atoms with E-state index in [4.69, 9.17) is 0 Å². The van der Waals surface area contributed by atoms with E-state index in [2.05, 4.69) is 22.2 Å². The van der Waals surface area contributed by atoms with Gasteiger partial charge < -0.3 is 10.2 Å². The summed E-state index contributed by atoms with van der Waals surface area (Å²) in [6.45, 7) is 4.27. The molecule has 2 rings (SSSR count). The number of nitrogens with one attached hydrogen (secondary N) is 1. The van der Waals surface area contributed by atoms with Crippen molar-refractivity contribution in [2.45, 2.75) is 0 Å². The Balaban J connectivity index is 1.81. The number of nitrogens with zero attached hydrogens (tertiary/aromatic N) is 2. The summed E-state index contributed by atoms with van der Waals surface area (Å²) in [4.78, 5) is 26.8. The maximum atomic E-state index is 11.9. The average molecular weight is 261 g/mol. The van der Waals surface area contributed by atoms with Gasteiger partial charge in [-0.2, -0.15) is 0 Å². The second-order valence-electron chi connectivity index (χ2n) is 4.87. The van der Waals surface area contributed by atoms with Gasteiger partial charge in [-0.15, -0.1) is 0 Å². The molecule has 1 saturated heterocycles. The molecule has 5 heteroatoms. The molecule has 5 nitrogen and oxygen atoms in total. The predicted octanol–water partition coefficient (Wildman–Crippen LogP) is 0.685. The SMILES string of the molecule is CN1CCN(CC(=O)Nc2ccc(C=O)cc2)CC1. The van der Waals surface area contributed by atoms with Crippen molar-refractivity contribution in [1.82, 2.24) is 9.80 Å². The van der Waals surface area contributed by atoms with Crippen molar-refractivity contribution in [2.24, 2.45) is 0 Å². The number of hydrogen-bond acceptors (Lipinski definition) is 4. The van der Waals surface area contributed by atoms with E-state index >= 15 is 0 Å². The van der Waals surface area contributed by atoms with Gasteiger partial charge in [-0.25, -0.2) is 0 Å². The highest BCUT2D eigenvalue weighted by Crippen LogP contribution is 2.08. The highest BCUT2D eigenvalue weighted by atomic mass is 16.2. The second-order valence-corrected chi connectivity index (χ2v) is 4.87. The Kier molecular flexibility index (Phi) is 4.65. The lowest BCUT2D eigenvalue weighted by molar-refractivity contribution is -0.117. The Labute approximate surface area is 113 Å². The summed E-state index contributed by atoms with van der Waals surface area (Å²) in [5, 5.41) is 2.84. The van der Waals surface area contributed by atoms with Crippen LogP contribution in [0.2, 0.25) is 0 Å². The minimum Gasteiger partial charge on any atom is -0.325 e. The van der Waals surface area contributed by atoms with Gasteiger partial charge in [0.25, 0.3) is 0 Å². The van der Waals surface area contributed by atoms with Gasteiger partial charge in [-0.05, 0) is 31.3 Å². The molecule has 1 aromatic rings. The van der Waals surface area contributed by atoms with Crippen molar-refractivity contribution in [1.29, 1.82) is 0 Å². The molecule has 1 aromatic carbocycles. The molecule has 19 heavy (non-hydrogen) atoms. The fraction of sp³-hybridized carbons (Fsp3) is 0.429. The van der Waals surface area contributed by atoms with Gasteiger partial charge in [0.2, 0.25) is 5.91 Å². The number of rotatable bonds is 4. The lowest BCUT2D eigenvalue weighted by Crippen LogP contribution is -2.47. The van der Waals surface area contributed by atoms with Gasteiger partial charge in [0.1, 0.15) is 6.29 Å². The third-order valence-corrected chi connectivity index (χ3v) is 3.29. The van der Waals surface area contributed by atoms with Crippen LogP contribution in [0.15, 0.2) is 24.3 Å². The van der Waals surface area contributed by atoms with Gasteiger partial charge >= 0.3 is 0 Å². The van der Waals surface area contributed by atoms with Crippen molar-refractivity contribution in [2.75, 3.05) is 45.1 Å². The van der Waals surface area contributed by atoms with E-state index in [-0.39, 0.29) is 5.91 Å². The standard InChI is InChI=1S/C14H19N3O2/c1-16-6-8-17(9-7-16)10-14(19)15-13-4-2-12(11-18)3-5-13/h2-5,11H,6-10H2,1H3,(H,15,19). The summed E-state index contributed by atoms with van der Waals surface area (Å²) in [5.74, 6) is -0.0107. The number of carbonyl (C=O) groups excluding carboxylic acids is 2. The van der Waals surface area contributed by atoms with Crippen LogP contribution in [0.5, 0.6) is 0 Å². The molecule has 1 N–H and O–H groups in total. The Morgan fingerprint density at radius 2 is 1.84 bits per heavy atom. The summed E-state index contributed by atoms with van der Waals surface area (Å²) >= 11 is 0. The van der Waals surface area contributed by atoms with E-state index in [9.17, 15) is 9.59 Å². The maximum Gasteiger partial charge on any atom is 0.238 e. The van der Waals surface area contributed by atoms with Crippen LogP contribution in [0.1, 0.15) is 10.4 Å². The maximum absolute atomic E-state index is 11.9. The number of likely N-dealkylation sites (N-methyl/N-ethyl adjacent to an activating group) is 1. The molecular weight excluding hydrogens is 242 g/mol. The van der Waals surface area contributed by atoms with Crippen LogP contribution < -0.4 is 5.32 Å². The lowest BCUT2D eigenvalue weighted by atomic mass is 10.2. The molecule has 102 valence electrons. The number of carbonyl (C=O) groups is 2. The molecule has 1 fully saturated rings. The van der Waals surface area contributed by atoms with Gasteiger partial charge in [0, 0.05) is 37.4 Å². The second kappa shape index (κ2) is 6.45. The normalized spacial score (nSPS) is 17.1. The van der Waals surface area contributed by atoms with Gasteiger partial charge in [-0.1, -0.05) is 0 Å². The minimum absolute atomic E-state index is 0.0107.